The number of aliphatic hydroxyl groups is 1. The molecule has 0 aromatic carbocycles. The molecule has 0 bridgehead atoms. The van der Waals surface area contributed by atoms with E-state index in [2.05, 4.69) is 25.5 Å². The van der Waals surface area contributed by atoms with Crippen LogP contribution in [-0.4, -0.2) is 56.5 Å². The lowest BCUT2D eigenvalue weighted by Crippen LogP contribution is -2.62. The molecule has 0 radical (unpaired) electrons. The second-order valence-corrected chi connectivity index (χ2v) is 8.11. The van der Waals surface area contributed by atoms with E-state index in [1.165, 1.54) is 6.07 Å². The van der Waals surface area contributed by atoms with Crippen LogP contribution in [0.25, 0.3) is 22.4 Å². The number of nitrogens with one attached hydrogen (secondary N) is 2. The Hall–Kier alpha value is -3.09. The third kappa shape index (κ3) is 3.38. The topological polar surface area (TPSA) is 114 Å². The van der Waals surface area contributed by atoms with E-state index in [1.54, 1.807) is 19.2 Å². The summed E-state index contributed by atoms with van der Waals surface area (Å²) < 4.78 is 15.0. The normalized spacial score (nSPS) is 19.1. The van der Waals surface area contributed by atoms with Crippen molar-refractivity contribution in [2.75, 3.05) is 24.5 Å². The molecule has 1 aliphatic heterocycles. The summed E-state index contributed by atoms with van der Waals surface area (Å²) in [5.41, 5.74) is 0.508. The summed E-state index contributed by atoms with van der Waals surface area (Å²) in [5.74, 6) is -0.392. The Morgan fingerprint density at radius 2 is 2.23 bits per heavy atom. The molecule has 0 spiro atoms. The fourth-order valence-electron chi connectivity index (χ4n) is 3.74. The maximum absolute atomic E-state index is 15.0. The number of hydrogen-bond acceptors (Lipinski definition) is 7. The molecule has 1 aliphatic rings. The highest BCUT2D eigenvalue weighted by Gasteiger charge is 2.38. The standard InChI is InChI=1S/C21H24FN7O/c1-12(2)21(3,30)16-11-29(8-7-24-16)20-15(22)9-13(10-23)17(26-20)18-14-5-4-6-25-19(14)28-27-18/h4-6,9,12,16,24,30H,7-8,11H2,1-3H3,(H,25,27,28)/t16-,21+/m0/s1. The van der Waals surface area contributed by atoms with Crippen molar-refractivity contribution in [2.24, 2.45) is 5.92 Å². The van der Waals surface area contributed by atoms with Gasteiger partial charge in [-0.25, -0.2) is 14.4 Å². The van der Waals surface area contributed by atoms with Crippen LogP contribution in [0.5, 0.6) is 0 Å². The summed E-state index contributed by atoms with van der Waals surface area (Å²) in [6.07, 6.45) is 1.63. The summed E-state index contributed by atoms with van der Waals surface area (Å²) >= 11 is 0. The second-order valence-electron chi connectivity index (χ2n) is 8.11. The first-order valence-electron chi connectivity index (χ1n) is 9.93. The van der Waals surface area contributed by atoms with Gasteiger partial charge in [-0.1, -0.05) is 13.8 Å². The summed E-state index contributed by atoms with van der Waals surface area (Å²) in [5, 5.41) is 31.5. The van der Waals surface area contributed by atoms with Crippen molar-refractivity contribution in [3.8, 4) is 17.5 Å². The Kier molecular flexibility index (Phi) is 5.13. The molecule has 8 nitrogen and oxygen atoms in total. The van der Waals surface area contributed by atoms with E-state index < -0.39 is 11.4 Å². The van der Waals surface area contributed by atoms with Crippen LogP contribution in [0.2, 0.25) is 0 Å². The Labute approximate surface area is 173 Å². The van der Waals surface area contributed by atoms with Gasteiger partial charge >= 0.3 is 0 Å². The van der Waals surface area contributed by atoms with E-state index >= 15 is 0 Å². The number of nitriles is 1. The second kappa shape index (κ2) is 7.63. The van der Waals surface area contributed by atoms with E-state index in [9.17, 15) is 14.8 Å². The molecular weight excluding hydrogens is 385 g/mol. The summed E-state index contributed by atoms with van der Waals surface area (Å²) in [4.78, 5) is 10.5. The minimum atomic E-state index is -0.962. The summed E-state index contributed by atoms with van der Waals surface area (Å²) in [6.45, 7) is 7.21. The van der Waals surface area contributed by atoms with E-state index in [-0.39, 0.29) is 23.3 Å². The van der Waals surface area contributed by atoms with Crippen LogP contribution in [0, 0.1) is 23.1 Å². The van der Waals surface area contributed by atoms with Crippen LogP contribution < -0.4 is 10.2 Å². The average Bonchev–Trinajstić information content (AvgIpc) is 3.17. The maximum Gasteiger partial charge on any atom is 0.181 e. The van der Waals surface area contributed by atoms with E-state index in [4.69, 9.17) is 0 Å². The Morgan fingerprint density at radius 3 is 2.97 bits per heavy atom. The zero-order valence-corrected chi connectivity index (χ0v) is 17.1. The van der Waals surface area contributed by atoms with Crippen LogP contribution in [0.1, 0.15) is 26.3 Å². The SMILES string of the molecule is CC(C)[C@@](C)(O)[C@@H]1CN(c2nc(-c3[nH]nc4ncccc34)c(C#N)cc2F)CCN1. The molecule has 0 saturated carbocycles. The lowest BCUT2D eigenvalue weighted by Gasteiger charge is -2.43. The largest absolute Gasteiger partial charge is 0.388 e. The van der Waals surface area contributed by atoms with Gasteiger partial charge in [0.2, 0.25) is 0 Å². The molecule has 4 rings (SSSR count). The van der Waals surface area contributed by atoms with Gasteiger partial charge in [-0.05, 0) is 31.0 Å². The van der Waals surface area contributed by atoms with Crippen molar-refractivity contribution in [2.45, 2.75) is 32.4 Å². The third-order valence-electron chi connectivity index (χ3n) is 5.99. The summed E-state index contributed by atoms with van der Waals surface area (Å²) in [6, 6.07) is 6.58. The molecule has 1 saturated heterocycles. The van der Waals surface area contributed by atoms with Crippen LogP contribution in [0.3, 0.4) is 0 Å². The highest BCUT2D eigenvalue weighted by Crippen LogP contribution is 2.31. The first-order chi connectivity index (χ1) is 14.3. The van der Waals surface area contributed by atoms with E-state index in [0.29, 0.717) is 42.1 Å². The van der Waals surface area contributed by atoms with Gasteiger partial charge in [-0.2, -0.15) is 10.4 Å². The van der Waals surface area contributed by atoms with Crippen LogP contribution in [0.4, 0.5) is 10.2 Å². The van der Waals surface area contributed by atoms with Gasteiger partial charge in [0.1, 0.15) is 11.8 Å². The third-order valence-corrected chi connectivity index (χ3v) is 5.99. The first kappa shape index (κ1) is 20.2. The number of nitrogens with zero attached hydrogens (tertiary/aromatic N) is 5. The molecule has 0 aliphatic carbocycles. The van der Waals surface area contributed by atoms with E-state index in [1.807, 2.05) is 30.9 Å². The number of piperazine rings is 1. The number of anilines is 1. The molecule has 30 heavy (non-hydrogen) atoms. The van der Waals surface area contributed by atoms with Crippen LogP contribution in [0.15, 0.2) is 24.4 Å². The van der Waals surface area contributed by atoms with Gasteiger partial charge in [0.15, 0.2) is 17.3 Å². The smallest absolute Gasteiger partial charge is 0.181 e. The fraction of sp³-hybridized carbons (Fsp3) is 0.429. The number of aromatic amines is 1. The van der Waals surface area contributed by atoms with Crippen LogP contribution in [-0.2, 0) is 0 Å². The molecule has 3 N–H and O–H groups in total. The van der Waals surface area contributed by atoms with E-state index in [0.717, 1.165) is 0 Å². The lowest BCUT2D eigenvalue weighted by atomic mass is 9.84. The molecule has 0 unspecified atom stereocenters. The zero-order valence-electron chi connectivity index (χ0n) is 17.1. The Morgan fingerprint density at radius 1 is 1.43 bits per heavy atom. The number of H-pyrrole nitrogens is 1. The van der Waals surface area contributed by atoms with Crippen molar-refractivity contribution < 1.29 is 9.50 Å². The minimum absolute atomic E-state index is 0.0214. The van der Waals surface area contributed by atoms with Crippen molar-refractivity contribution in [1.29, 1.82) is 5.26 Å². The van der Waals surface area contributed by atoms with Gasteiger partial charge in [0.25, 0.3) is 0 Å². The predicted molar refractivity (Wildman–Crippen MR) is 111 cm³/mol. The van der Waals surface area contributed by atoms with Gasteiger partial charge in [-0.15, -0.1) is 0 Å². The Bertz CT molecular complexity index is 1120. The predicted octanol–water partition coefficient (Wildman–Crippen LogP) is 2.22. The molecule has 4 heterocycles. The molecule has 3 aromatic rings. The molecule has 156 valence electrons. The molecule has 9 heteroatoms. The molecule has 1 fully saturated rings. The zero-order chi connectivity index (χ0) is 21.5. The quantitative estimate of drug-likeness (QED) is 0.605. The average molecular weight is 409 g/mol. The number of hydrogen-bond donors (Lipinski definition) is 3. The number of fused-ring (bicyclic) bond motifs is 1. The summed E-state index contributed by atoms with van der Waals surface area (Å²) in [7, 11) is 0. The van der Waals surface area contributed by atoms with Gasteiger partial charge in [-0.3, -0.25) is 5.10 Å². The number of halogens is 1. The van der Waals surface area contributed by atoms with Crippen LogP contribution >= 0.6 is 0 Å². The first-order valence-corrected chi connectivity index (χ1v) is 9.93. The maximum atomic E-state index is 15.0. The highest BCUT2D eigenvalue weighted by molar-refractivity contribution is 5.91. The fourth-order valence-corrected chi connectivity index (χ4v) is 3.74. The van der Waals surface area contributed by atoms with Crippen molar-refractivity contribution in [1.82, 2.24) is 25.5 Å². The number of rotatable bonds is 4. The molecular formula is C21H24FN7O. The van der Waals surface area contributed by atoms with Crippen molar-refractivity contribution in [3.05, 3.63) is 35.8 Å². The van der Waals surface area contributed by atoms with Crippen molar-refractivity contribution in [3.63, 3.8) is 0 Å². The lowest BCUT2D eigenvalue weighted by molar-refractivity contribution is -0.0232. The van der Waals surface area contributed by atoms with Gasteiger partial charge in [0, 0.05) is 31.2 Å². The number of aromatic nitrogens is 4. The molecule has 2 atom stereocenters. The Balaban J connectivity index is 1.77. The van der Waals surface area contributed by atoms with Gasteiger partial charge in [0.05, 0.1) is 22.9 Å². The number of pyridine rings is 2. The monoisotopic (exact) mass is 409 g/mol. The molecule has 0 amide bonds. The molecule has 3 aromatic heterocycles. The minimum Gasteiger partial charge on any atom is -0.388 e. The highest BCUT2D eigenvalue weighted by atomic mass is 19.1. The van der Waals surface area contributed by atoms with Crippen molar-refractivity contribution >= 4 is 16.9 Å². The van der Waals surface area contributed by atoms with Gasteiger partial charge < -0.3 is 15.3 Å².